The highest BCUT2D eigenvalue weighted by atomic mass is 79.9. The Balaban J connectivity index is 2.15. The minimum Gasteiger partial charge on any atom is -0.335 e. The second kappa shape index (κ2) is 5.80. The molecule has 5 heteroatoms. The summed E-state index contributed by atoms with van der Waals surface area (Å²) in [5.41, 5.74) is 0. The Labute approximate surface area is 114 Å². The lowest BCUT2D eigenvalue weighted by Crippen LogP contribution is -2.19. The minimum absolute atomic E-state index is 0.332. The standard InChI is InChI=1S/C12H16BrN3S/c1-3-16-7-6-15-12(16)8-9(14-2)10-4-5-11(13)17-10/h4-7,9,14H,3,8H2,1-2H3. The Morgan fingerprint density at radius 2 is 2.35 bits per heavy atom. The molecule has 17 heavy (non-hydrogen) atoms. The summed E-state index contributed by atoms with van der Waals surface area (Å²) in [6, 6.07) is 4.59. The molecule has 2 aromatic rings. The average Bonchev–Trinajstić information content (AvgIpc) is 2.94. The Kier molecular flexibility index (Phi) is 4.36. The Hall–Kier alpha value is -0.650. The van der Waals surface area contributed by atoms with Gasteiger partial charge in [0.1, 0.15) is 5.82 Å². The molecule has 0 bridgehead atoms. The van der Waals surface area contributed by atoms with Gasteiger partial charge in [0.25, 0.3) is 0 Å². The van der Waals surface area contributed by atoms with Crippen LogP contribution in [-0.2, 0) is 13.0 Å². The van der Waals surface area contributed by atoms with Gasteiger partial charge in [-0.2, -0.15) is 0 Å². The van der Waals surface area contributed by atoms with E-state index in [1.165, 1.54) is 8.66 Å². The molecule has 2 heterocycles. The number of thiophene rings is 1. The maximum atomic E-state index is 4.42. The van der Waals surface area contributed by atoms with Crippen LogP contribution in [0, 0.1) is 0 Å². The zero-order valence-corrected chi connectivity index (χ0v) is 12.4. The molecule has 0 fully saturated rings. The van der Waals surface area contributed by atoms with Crippen LogP contribution in [0.3, 0.4) is 0 Å². The van der Waals surface area contributed by atoms with Crippen LogP contribution in [-0.4, -0.2) is 16.6 Å². The maximum Gasteiger partial charge on any atom is 0.110 e. The van der Waals surface area contributed by atoms with Crippen LogP contribution in [0.5, 0.6) is 0 Å². The third-order valence-electron chi connectivity index (χ3n) is 2.81. The third kappa shape index (κ3) is 2.97. The molecule has 1 N–H and O–H groups in total. The van der Waals surface area contributed by atoms with Crippen molar-refractivity contribution in [2.24, 2.45) is 0 Å². The van der Waals surface area contributed by atoms with E-state index >= 15 is 0 Å². The molecule has 0 aliphatic carbocycles. The third-order valence-corrected chi connectivity index (χ3v) is 4.55. The first-order chi connectivity index (χ1) is 8.24. The van der Waals surface area contributed by atoms with Gasteiger partial charge in [-0.05, 0) is 42.0 Å². The van der Waals surface area contributed by atoms with Gasteiger partial charge in [-0.15, -0.1) is 11.3 Å². The topological polar surface area (TPSA) is 29.9 Å². The molecule has 1 unspecified atom stereocenters. The lowest BCUT2D eigenvalue weighted by Gasteiger charge is -2.14. The molecule has 92 valence electrons. The van der Waals surface area contributed by atoms with E-state index in [4.69, 9.17) is 0 Å². The summed E-state index contributed by atoms with van der Waals surface area (Å²) in [5, 5.41) is 3.36. The average molecular weight is 314 g/mol. The van der Waals surface area contributed by atoms with E-state index in [1.807, 2.05) is 19.4 Å². The highest BCUT2D eigenvalue weighted by Gasteiger charge is 2.14. The first kappa shape index (κ1) is 12.8. The summed E-state index contributed by atoms with van der Waals surface area (Å²) < 4.78 is 3.36. The monoisotopic (exact) mass is 313 g/mol. The van der Waals surface area contributed by atoms with Gasteiger partial charge < -0.3 is 9.88 Å². The van der Waals surface area contributed by atoms with Gasteiger partial charge >= 0.3 is 0 Å². The molecule has 0 aliphatic rings. The second-order valence-electron chi connectivity index (χ2n) is 3.82. The molecule has 0 saturated heterocycles. The van der Waals surface area contributed by atoms with Crippen molar-refractivity contribution in [3.05, 3.63) is 39.0 Å². The SMILES string of the molecule is CCn1ccnc1CC(NC)c1ccc(Br)s1. The Bertz CT molecular complexity index is 478. The number of imidazole rings is 1. The molecule has 3 nitrogen and oxygen atoms in total. The van der Waals surface area contributed by atoms with E-state index in [2.05, 4.69) is 49.9 Å². The molecule has 0 aromatic carbocycles. The van der Waals surface area contributed by atoms with E-state index in [0.29, 0.717) is 6.04 Å². The van der Waals surface area contributed by atoms with Crippen molar-refractivity contribution < 1.29 is 0 Å². The summed E-state index contributed by atoms with van der Waals surface area (Å²) in [4.78, 5) is 5.76. The fraction of sp³-hybridized carbons (Fsp3) is 0.417. The lowest BCUT2D eigenvalue weighted by atomic mass is 10.1. The number of aryl methyl sites for hydroxylation is 1. The molecular weight excluding hydrogens is 298 g/mol. The normalized spacial score (nSPS) is 12.9. The lowest BCUT2D eigenvalue weighted by molar-refractivity contribution is 0.560. The van der Waals surface area contributed by atoms with Gasteiger partial charge in [0.2, 0.25) is 0 Å². The van der Waals surface area contributed by atoms with Crippen LogP contribution in [0.1, 0.15) is 23.7 Å². The summed E-state index contributed by atoms with van der Waals surface area (Å²) >= 11 is 5.28. The van der Waals surface area contributed by atoms with Crippen LogP contribution >= 0.6 is 27.3 Å². The zero-order chi connectivity index (χ0) is 12.3. The summed E-state index contributed by atoms with van der Waals surface area (Å²) in [7, 11) is 2.00. The number of hydrogen-bond donors (Lipinski definition) is 1. The van der Waals surface area contributed by atoms with Crippen molar-refractivity contribution in [2.75, 3.05) is 7.05 Å². The largest absolute Gasteiger partial charge is 0.335 e. The van der Waals surface area contributed by atoms with Crippen LogP contribution in [0.15, 0.2) is 28.3 Å². The van der Waals surface area contributed by atoms with Crippen LogP contribution in [0.2, 0.25) is 0 Å². The van der Waals surface area contributed by atoms with E-state index < -0.39 is 0 Å². The maximum absolute atomic E-state index is 4.42. The van der Waals surface area contributed by atoms with Crippen molar-refractivity contribution in [2.45, 2.75) is 25.9 Å². The number of rotatable bonds is 5. The molecule has 0 saturated carbocycles. The van der Waals surface area contributed by atoms with Crippen molar-refractivity contribution in [1.29, 1.82) is 0 Å². The van der Waals surface area contributed by atoms with Crippen molar-refractivity contribution in [3.8, 4) is 0 Å². The number of nitrogens with zero attached hydrogens (tertiary/aromatic N) is 2. The van der Waals surface area contributed by atoms with Crippen molar-refractivity contribution >= 4 is 27.3 Å². The van der Waals surface area contributed by atoms with Gasteiger partial charge in [-0.25, -0.2) is 4.98 Å². The van der Waals surface area contributed by atoms with Gasteiger partial charge in [0, 0.05) is 36.3 Å². The number of likely N-dealkylation sites (N-methyl/N-ethyl adjacent to an activating group) is 1. The predicted octanol–water partition coefficient (Wildman–Crippen LogP) is 3.23. The molecule has 0 aliphatic heterocycles. The predicted molar refractivity (Wildman–Crippen MR) is 75.4 cm³/mol. The van der Waals surface area contributed by atoms with Crippen molar-refractivity contribution in [1.82, 2.24) is 14.9 Å². The molecule has 0 amide bonds. The molecular formula is C12H16BrN3S. The molecule has 2 rings (SSSR count). The van der Waals surface area contributed by atoms with Gasteiger partial charge in [-0.3, -0.25) is 0 Å². The Morgan fingerprint density at radius 1 is 1.53 bits per heavy atom. The van der Waals surface area contributed by atoms with Gasteiger partial charge in [0.15, 0.2) is 0 Å². The molecule has 0 radical (unpaired) electrons. The van der Waals surface area contributed by atoms with E-state index in [0.717, 1.165) is 18.8 Å². The van der Waals surface area contributed by atoms with Gasteiger partial charge in [-0.1, -0.05) is 0 Å². The zero-order valence-electron chi connectivity index (χ0n) is 9.98. The number of halogens is 1. The van der Waals surface area contributed by atoms with E-state index in [-0.39, 0.29) is 0 Å². The highest BCUT2D eigenvalue weighted by Crippen LogP contribution is 2.28. The number of hydrogen-bond acceptors (Lipinski definition) is 3. The number of nitrogens with one attached hydrogen (secondary N) is 1. The van der Waals surface area contributed by atoms with Crippen molar-refractivity contribution in [3.63, 3.8) is 0 Å². The van der Waals surface area contributed by atoms with Crippen LogP contribution < -0.4 is 5.32 Å². The quantitative estimate of drug-likeness (QED) is 0.918. The molecule has 2 aromatic heterocycles. The van der Waals surface area contributed by atoms with Gasteiger partial charge in [0.05, 0.1) is 3.79 Å². The first-order valence-electron chi connectivity index (χ1n) is 5.67. The van der Waals surface area contributed by atoms with E-state index in [9.17, 15) is 0 Å². The fourth-order valence-corrected chi connectivity index (χ4v) is 3.39. The van der Waals surface area contributed by atoms with E-state index in [1.54, 1.807) is 11.3 Å². The summed E-state index contributed by atoms with van der Waals surface area (Å²) in [5.74, 6) is 1.14. The second-order valence-corrected chi connectivity index (χ2v) is 6.31. The minimum atomic E-state index is 0.332. The number of aromatic nitrogens is 2. The Morgan fingerprint density at radius 3 is 2.94 bits per heavy atom. The first-order valence-corrected chi connectivity index (χ1v) is 7.28. The molecule has 1 atom stereocenters. The van der Waals surface area contributed by atoms with Crippen LogP contribution in [0.25, 0.3) is 0 Å². The summed E-state index contributed by atoms with van der Waals surface area (Å²) in [6.07, 6.45) is 4.83. The smallest absolute Gasteiger partial charge is 0.110 e. The summed E-state index contributed by atoms with van der Waals surface area (Å²) in [6.45, 7) is 3.11. The van der Waals surface area contributed by atoms with Crippen LogP contribution in [0.4, 0.5) is 0 Å². The fourth-order valence-electron chi connectivity index (χ4n) is 1.86. The highest BCUT2D eigenvalue weighted by molar-refractivity contribution is 9.11. The molecule has 0 spiro atoms.